The molecule has 6 aromatic rings. The standard InChI is InChI=1S/C24H32N4O3.C21H23N5O3.C2H6/c1-7-9-17(10-8-11-20(29)30-24(4,5)6)22-26-23(31-27-22)18-14-19-21(16(2)3)25-12-13-28(19)15-18;27-21(14-1-2-14)25-7-5-13(6-8-25)19-23-20(29-24-19)15-3-4-16-10-22-26(18(16)9-15)17-11-28-12-17;1-2/h12-15,17H,2,7-11H2,1,3-6H3;3-4,9-10,13-14,17H,1-2,5-8,11-12H2;1-2H3. The molecule has 1 atom stereocenters. The van der Waals surface area contributed by atoms with Crippen molar-refractivity contribution in [2.24, 2.45) is 5.92 Å². The number of hydrogen-bond donors (Lipinski definition) is 0. The van der Waals surface area contributed by atoms with Crippen LogP contribution in [0.15, 0.2) is 64.7 Å². The third-order valence-electron chi connectivity index (χ3n) is 11.3. The molecular weight excluding hydrogens is 787 g/mol. The van der Waals surface area contributed by atoms with Crippen LogP contribution in [-0.2, 0) is 19.1 Å². The van der Waals surface area contributed by atoms with Crippen LogP contribution >= 0.6 is 0 Å². The first-order chi connectivity index (χ1) is 29.9. The number of aromatic nitrogens is 8. The zero-order valence-electron chi connectivity index (χ0n) is 37.3. The van der Waals surface area contributed by atoms with E-state index in [1.807, 2.05) is 92.3 Å². The van der Waals surface area contributed by atoms with Crippen LogP contribution < -0.4 is 0 Å². The van der Waals surface area contributed by atoms with Gasteiger partial charge in [-0.15, -0.1) is 0 Å². The number of piperidine rings is 1. The molecule has 5 aromatic heterocycles. The van der Waals surface area contributed by atoms with Crippen molar-refractivity contribution in [3.05, 3.63) is 73.0 Å². The number of carbonyl (C=O) groups excluding carboxylic acids is 2. The van der Waals surface area contributed by atoms with Crippen LogP contribution in [0.4, 0.5) is 0 Å². The summed E-state index contributed by atoms with van der Waals surface area (Å²) >= 11 is 0. The largest absolute Gasteiger partial charge is 0.460 e. The monoisotopic (exact) mass is 847 g/mol. The summed E-state index contributed by atoms with van der Waals surface area (Å²) in [6, 6.07) is 8.39. The normalized spacial score (nSPS) is 16.3. The molecule has 0 spiro atoms. The van der Waals surface area contributed by atoms with Gasteiger partial charge in [0.25, 0.3) is 11.8 Å². The highest BCUT2D eigenvalue weighted by Gasteiger charge is 2.36. The van der Waals surface area contributed by atoms with Crippen LogP contribution in [0, 0.1) is 5.92 Å². The number of hydrogen-bond acceptors (Lipinski definition) is 12. The molecule has 3 aliphatic rings. The number of rotatable bonds is 13. The van der Waals surface area contributed by atoms with Gasteiger partial charge in [-0.3, -0.25) is 19.3 Å². The van der Waals surface area contributed by atoms with Gasteiger partial charge in [0.2, 0.25) is 5.91 Å². The maximum Gasteiger partial charge on any atom is 0.306 e. The summed E-state index contributed by atoms with van der Waals surface area (Å²) in [7, 11) is 0. The number of benzene rings is 1. The summed E-state index contributed by atoms with van der Waals surface area (Å²) < 4.78 is 25.9. The Morgan fingerprint density at radius 2 is 1.68 bits per heavy atom. The molecule has 1 saturated carbocycles. The summed E-state index contributed by atoms with van der Waals surface area (Å²) in [5, 5.41) is 14.1. The number of nitrogens with zero attached hydrogens (tertiary/aromatic N) is 9. The summed E-state index contributed by atoms with van der Waals surface area (Å²) in [6.45, 7) is 20.7. The fourth-order valence-electron chi connectivity index (χ4n) is 7.93. The van der Waals surface area contributed by atoms with Crippen molar-refractivity contribution < 1.29 is 28.1 Å². The Hall–Kier alpha value is -5.70. The van der Waals surface area contributed by atoms with Crippen molar-refractivity contribution in [2.45, 2.75) is 130 Å². The zero-order valence-corrected chi connectivity index (χ0v) is 37.3. The fraction of sp³-hybridized carbons (Fsp3) is 0.532. The molecule has 3 fully saturated rings. The van der Waals surface area contributed by atoms with Crippen molar-refractivity contribution in [1.29, 1.82) is 0 Å². The Labute approximate surface area is 363 Å². The summed E-state index contributed by atoms with van der Waals surface area (Å²) in [5.74, 6) is 3.31. The van der Waals surface area contributed by atoms with Gasteiger partial charge in [0.15, 0.2) is 11.6 Å². The number of ether oxygens (including phenoxy) is 2. The van der Waals surface area contributed by atoms with Gasteiger partial charge in [-0.1, -0.05) is 50.2 Å². The second-order valence-electron chi connectivity index (χ2n) is 17.4. The van der Waals surface area contributed by atoms with E-state index < -0.39 is 5.60 Å². The molecule has 1 unspecified atom stereocenters. The van der Waals surface area contributed by atoms with E-state index >= 15 is 0 Å². The van der Waals surface area contributed by atoms with E-state index in [9.17, 15) is 9.59 Å². The Morgan fingerprint density at radius 3 is 2.35 bits per heavy atom. The number of esters is 1. The molecule has 330 valence electrons. The molecule has 15 heteroatoms. The lowest BCUT2D eigenvalue weighted by molar-refractivity contribution is -0.155. The Kier molecular flexibility index (Phi) is 14.0. The van der Waals surface area contributed by atoms with Crippen LogP contribution in [0.25, 0.3) is 44.9 Å². The van der Waals surface area contributed by atoms with Crippen molar-refractivity contribution in [3.8, 4) is 22.9 Å². The van der Waals surface area contributed by atoms with E-state index in [1.165, 1.54) is 0 Å². The molecule has 9 rings (SSSR count). The minimum absolute atomic E-state index is 0.148. The van der Waals surface area contributed by atoms with Crippen LogP contribution in [-0.4, -0.2) is 88.1 Å². The summed E-state index contributed by atoms with van der Waals surface area (Å²) in [6.07, 6.45) is 15.3. The average Bonchev–Trinajstić information content (AvgIpc) is 3.60. The molecule has 7 heterocycles. The van der Waals surface area contributed by atoms with Crippen molar-refractivity contribution in [3.63, 3.8) is 0 Å². The number of amides is 1. The highest BCUT2D eigenvalue weighted by molar-refractivity contribution is 5.83. The van der Waals surface area contributed by atoms with Crippen molar-refractivity contribution in [2.75, 3.05) is 26.3 Å². The van der Waals surface area contributed by atoms with Gasteiger partial charge in [-0.05, 0) is 96.4 Å². The Balaban J connectivity index is 0.000000179. The first-order valence-electron chi connectivity index (χ1n) is 22.3. The highest BCUT2D eigenvalue weighted by atomic mass is 16.6. The van der Waals surface area contributed by atoms with E-state index in [-0.39, 0.29) is 23.7 Å². The van der Waals surface area contributed by atoms with Gasteiger partial charge >= 0.3 is 5.97 Å². The van der Waals surface area contributed by atoms with Crippen LogP contribution in [0.3, 0.4) is 0 Å². The molecule has 0 N–H and O–H groups in total. The minimum Gasteiger partial charge on any atom is -0.460 e. The fourth-order valence-corrected chi connectivity index (χ4v) is 7.93. The van der Waals surface area contributed by atoms with Gasteiger partial charge < -0.3 is 27.8 Å². The zero-order chi connectivity index (χ0) is 44.0. The molecule has 2 aliphatic heterocycles. The molecule has 1 amide bonds. The highest BCUT2D eigenvalue weighted by Crippen LogP contribution is 2.35. The third kappa shape index (κ3) is 10.5. The SMILES string of the molecule is C=C(C)c1nccn2cc(-c3nc(C(CCC)CCCC(=O)OC(C)(C)C)no3)cc12.CC.O=C(C1CC1)N1CCC(c2noc(-c3ccc4cnn(C5COC5)c4c3)n2)CC1. The summed E-state index contributed by atoms with van der Waals surface area (Å²) in [5.41, 5.74) is 5.05. The number of likely N-dealkylation sites (tertiary alicyclic amines) is 1. The molecular formula is C47H61N9O6. The van der Waals surface area contributed by atoms with E-state index in [1.54, 1.807) is 6.20 Å². The maximum absolute atomic E-state index is 12.2. The van der Waals surface area contributed by atoms with Gasteiger partial charge in [-0.2, -0.15) is 15.1 Å². The van der Waals surface area contributed by atoms with E-state index in [2.05, 4.69) is 49.9 Å². The summed E-state index contributed by atoms with van der Waals surface area (Å²) in [4.78, 5) is 40.0. The number of fused-ring (bicyclic) bond motifs is 2. The lowest BCUT2D eigenvalue weighted by atomic mass is 9.96. The van der Waals surface area contributed by atoms with Crippen LogP contribution in [0.1, 0.15) is 141 Å². The number of allylic oxidation sites excluding steroid dienone is 1. The van der Waals surface area contributed by atoms with Gasteiger partial charge in [0.1, 0.15) is 5.60 Å². The third-order valence-corrected chi connectivity index (χ3v) is 11.3. The second kappa shape index (κ2) is 19.6. The lowest BCUT2D eigenvalue weighted by Crippen LogP contribution is -2.38. The predicted octanol–water partition coefficient (Wildman–Crippen LogP) is 9.61. The second-order valence-corrected chi connectivity index (χ2v) is 17.4. The van der Waals surface area contributed by atoms with Gasteiger partial charge in [0, 0.05) is 66.8 Å². The van der Waals surface area contributed by atoms with Gasteiger partial charge in [-0.25, -0.2) is 0 Å². The molecule has 1 aliphatic carbocycles. The lowest BCUT2D eigenvalue weighted by Gasteiger charge is -2.30. The molecule has 0 bridgehead atoms. The topological polar surface area (TPSA) is 169 Å². The smallest absolute Gasteiger partial charge is 0.306 e. The molecule has 0 radical (unpaired) electrons. The van der Waals surface area contributed by atoms with Gasteiger partial charge in [0.05, 0.1) is 47.7 Å². The van der Waals surface area contributed by atoms with Crippen LogP contribution in [0.5, 0.6) is 0 Å². The molecule has 62 heavy (non-hydrogen) atoms. The van der Waals surface area contributed by atoms with Crippen molar-refractivity contribution in [1.82, 2.24) is 44.3 Å². The minimum atomic E-state index is -0.455. The maximum atomic E-state index is 12.2. The Morgan fingerprint density at radius 1 is 0.952 bits per heavy atom. The average molecular weight is 848 g/mol. The first-order valence-corrected chi connectivity index (χ1v) is 22.3. The van der Waals surface area contributed by atoms with E-state index in [0.717, 1.165) is 109 Å². The molecule has 2 saturated heterocycles. The van der Waals surface area contributed by atoms with E-state index in [0.29, 0.717) is 49.2 Å². The quantitative estimate of drug-likeness (QED) is 0.101. The number of carbonyl (C=O) groups is 2. The first kappa shape index (κ1) is 44.4. The van der Waals surface area contributed by atoms with Crippen molar-refractivity contribution >= 4 is 33.9 Å². The molecule has 1 aromatic carbocycles. The van der Waals surface area contributed by atoms with Crippen LogP contribution in [0.2, 0.25) is 0 Å². The Bertz CT molecular complexity index is 2460. The van der Waals surface area contributed by atoms with E-state index in [4.69, 9.17) is 18.5 Å². The molecule has 15 nitrogen and oxygen atoms in total. The predicted molar refractivity (Wildman–Crippen MR) is 236 cm³/mol.